The number of hydrogen-bond donors (Lipinski definition) is 2. The van der Waals surface area contributed by atoms with Gasteiger partial charge in [-0.15, -0.1) is 0 Å². The van der Waals surface area contributed by atoms with E-state index < -0.39 is 0 Å². The maximum Gasteiger partial charge on any atom is 0.0313 e. The zero-order valence-corrected chi connectivity index (χ0v) is 9.17. The second kappa shape index (κ2) is 5.73. The molecule has 0 aliphatic carbocycles. The molecule has 0 bridgehead atoms. The fraction of sp³-hybridized carbons (Fsp3) is 0.545. The summed E-state index contributed by atoms with van der Waals surface area (Å²) in [7, 11) is 1.96. The first kappa shape index (κ1) is 11.1. The minimum absolute atomic E-state index is 0.487. The Morgan fingerprint density at radius 1 is 1.43 bits per heavy atom. The van der Waals surface area contributed by atoms with E-state index >= 15 is 0 Å². The summed E-state index contributed by atoms with van der Waals surface area (Å²) in [5.74, 6) is 0. The molecule has 0 spiro atoms. The lowest BCUT2D eigenvalue weighted by Crippen LogP contribution is -2.34. The number of nitrogens with one attached hydrogen (secondary N) is 2. The van der Waals surface area contributed by atoms with Crippen LogP contribution in [0.4, 0.5) is 0 Å². The van der Waals surface area contributed by atoms with Crippen molar-refractivity contribution in [3.05, 3.63) is 29.6 Å². The third-order valence-corrected chi connectivity index (χ3v) is 2.10. The molecule has 2 N–H and O–H groups in total. The Labute approximate surface area is 85.9 Å². The van der Waals surface area contributed by atoms with E-state index in [2.05, 4.69) is 35.5 Å². The number of nitrogens with zero attached hydrogens (tertiary/aromatic N) is 1. The summed E-state index contributed by atoms with van der Waals surface area (Å²) in [5, 5.41) is 6.56. The smallest absolute Gasteiger partial charge is 0.0313 e. The minimum Gasteiger partial charge on any atom is -0.318 e. The van der Waals surface area contributed by atoms with Gasteiger partial charge >= 0.3 is 0 Å². The number of hydrogen-bond acceptors (Lipinski definition) is 3. The van der Waals surface area contributed by atoms with Gasteiger partial charge in [-0.25, -0.2) is 0 Å². The maximum atomic E-state index is 4.15. The first-order valence-corrected chi connectivity index (χ1v) is 5.01. The van der Waals surface area contributed by atoms with E-state index in [0.717, 1.165) is 13.1 Å². The molecule has 0 radical (unpaired) electrons. The van der Waals surface area contributed by atoms with E-state index in [1.807, 2.05) is 19.4 Å². The summed E-state index contributed by atoms with van der Waals surface area (Å²) in [6, 6.07) is 2.65. The molecule has 0 aliphatic heterocycles. The first-order chi connectivity index (χ1) is 6.72. The number of likely N-dealkylation sites (N-methyl/N-ethyl adjacent to an activating group) is 1. The van der Waals surface area contributed by atoms with Gasteiger partial charge in [-0.2, -0.15) is 0 Å². The molecule has 3 nitrogen and oxygen atoms in total. The lowest BCUT2D eigenvalue weighted by Gasteiger charge is -2.12. The second-order valence-electron chi connectivity index (χ2n) is 3.71. The van der Waals surface area contributed by atoms with Crippen molar-refractivity contribution < 1.29 is 0 Å². The molecule has 0 aliphatic rings. The van der Waals surface area contributed by atoms with Gasteiger partial charge in [0.15, 0.2) is 0 Å². The fourth-order valence-corrected chi connectivity index (χ4v) is 1.38. The average Bonchev–Trinajstić information content (AvgIpc) is 2.15. The van der Waals surface area contributed by atoms with Gasteiger partial charge in [0.1, 0.15) is 0 Å². The molecule has 0 saturated carbocycles. The monoisotopic (exact) mass is 193 g/mol. The number of aryl methyl sites for hydroxylation is 1. The van der Waals surface area contributed by atoms with Crippen LogP contribution < -0.4 is 10.6 Å². The first-order valence-electron chi connectivity index (χ1n) is 5.01. The third kappa shape index (κ3) is 3.85. The van der Waals surface area contributed by atoms with Gasteiger partial charge < -0.3 is 10.6 Å². The Morgan fingerprint density at radius 2 is 2.21 bits per heavy atom. The molecule has 1 aromatic heterocycles. The molecule has 78 valence electrons. The number of aromatic nitrogens is 1. The van der Waals surface area contributed by atoms with Crippen LogP contribution in [0, 0.1) is 6.92 Å². The second-order valence-corrected chi connectivity index (χ2v) is 3.71. The molecule has 14 heavy (non-hydrogen) atoms. The van der Waals surface area contributed by atoms with Crippen LogP contribution in [-0.4, -0.2) is 24.6 Å². The van der Waals surface area contributed by atoms with Crippen molar-refractivity contribution in [3.8, 4) is 0 Å². The highest BCUT2D eigenvalue weighted by molar-refractivity contribution is 5.16. The van der Waals surface area contributed by atoms with Crippen molar-refractivity contribution in [3.63, 3.8) is 0 Å². The van der Waals surface area contributed by atoms with E-state index in [9.17, 15) is 0 Å². The van der Waals surface area contributed by atoms with Crippen molar-refractivity contribution >= 4 is 0 Å². The zero-order valence-electron chi connectivity index (χ0n) is 9.17. The summed E-state index contributed by atoms with van der Waals surface area (Å²) in [6.07, 6.45) is 3.78. The molecule has 1 unspecified atom stereocenters. The molecule has 0 aromatic carbocycles. The molecule has 0 saturated heterocycles. The van der Waals surface area contributed by atoms with Crippen LogP contribution in [-0.2, 0) is 6.54 Å². The van der Waals surface area contributed by atoms with Gasteiger partial charge in [0.25, 0.3) is 0 Å². The summed E-state index contributed by atoms with van der Waals surface area (Å²) in [4.78, 5) is 4.15. The van der Waals surface area contributed by atoms with E-state index in [1.54, 1.807) is 0 Å². The van der Waals surface area contributed by atoms with Gasteiger partial charge in [-0.05, 0) is 32.0 Å². The van der Waals surface area contributed by atoms with Crippen LogP contribution in [0.5, 0.6) is 0 Å². The predicted octanol–water partition coefficient (Wildman–Crippen LogP) is 1.09. The lowest BCUT2D eigenvalue weighted by molar-refractivity contribution is 0.522. The lowest BCUT2D eigenvalue weighted by atomic mass is 10.2. The number of pyridine rings is 1. The molecule has 0 fully saturated rings. The molecule has 0 amide bonds. The van der Waals surface area contributed by atoms with Gasteiger partial charge in [0, 0.05) is 31.5 Å². The highest BCUT2D eigenvalue weighted by Gasteiger charge is 1.99. The highest BCUT2D eigenvalue weighted by atomic mass is 15.0. The molecular formula is C11H19N3. The third-order valence-electron chi connectivity index (χ3n) is 2.10. The SMILES string of the molecule is CNCC(C)NCc1cncc(C)c1. The molecule has 1 heterocycles. The topological polar surface area (TPSA) is 37.0 Å². The highest BCUT2D eigenvalue weighted by Crippen LogP contribution is 2.00. The van der Waals surface area contributed by atoms with Crippen LogP contribution in [0.2, 0.25) is 0 Å². The largest absolute Gasteiger partial charge is 0.318 e. The summed E-state index contributed by atoms with van der Waals surface area (Å²) < 4.78 is 0. The summed E-state index contributed by atoms with van der Waals surface area (Å²) >= 11 is 0. The van der Waals surface area contributed by atoms with Crippen molar-refractivity contribution in [2.24, 2.45) is 0 Å². The van der Waals surface area contributed by atoms with Gasteiger partial charge in [0.05, 0.1) is 0 Å². The Hall–Kier alpha value is -0.930. The number of rotatable bonds is 5. The van der Waals surface area contributed by atoms with Crippen LogP contribution in [0.3, 0.4) is 0 Å². The van der Waals surface area contributed by atoms with E-state index in [-0.39, 0.29) is 0 Å². The molecule has 3 heteroatoms. The Kier molecular flexibility index (Phi) is 4.56. The Bertz CT molecular complexity index is 273. The zero-order chi connectivity index (χ0) is 10.4. The molecule has 1 rings (SSSR count). The van der Waals surface area contributed by atoms with Crippen LogP contribution >= 0.6 is 0 Å². The van der Waals surface area contributed by atoms with Crippen LogP contribution in [0.1, 0.15) is 18.1 Å². The Morgan fingerprint density at radius 3 is 2.86 bits per heavy atom. The predicted molar refractivity (Wildman–Crippen MR) is 59.2 cm³/mol. The normalized spacial score (nSPS) is 12.8. The molecule has 1 aromatic rings. The molecular weight excluding hydrogens is 174 g/mol. The van der Waals surface area contributed by atoms with E-state index in [4.69, 9.17) is 0 Å². The quantitative estimate of drug-likeness (QED) is 0.735. The Balaban J connectivity index is 2.37. The minimum atomic E-state index is 0.487. The van der Waals surface area contributed by atoms with Crippen molar-refractivity contribution in [2.75, 3.05) is 13.6 Å². The van der Waals surface area contributed by atoms with Crippen LogP contribution in [0.15, 0.2) is 18.5 Å². The van der Waals surface area contributed by atoms with Gasteiger partial charge in [-0.1, -0.05) is 6.07 Å². The summed E-state index contributed by atoms with van der Waals surface area (Å²) in [5.41, 5.74) is 2.46. The van der Waals surface area contributed by atoms with E-state index in [0.29, 0.717) is 6.04 Å². The fourth-order valence-electron chi connectivity index (χ4n) is 1.38. The van der Waals surface area contributed by atoms with Gasteiger partial charge in [-0.3, -0.25) is 4.98 Å². The molecule has 1 atom stereocenters. The van der Waals surface area contributed by atoms with Crippen molar-refractivity contribution in [1.29, 1.82) is 0 Å². The summed E-state index contributed by atoms with van der Waals surface area (Å²) in [6.45, 7) is 6.10. The standard InChI is InChI=1S/C11H19N3/c1-9-4-11(7-13-5-9)8-14-10(2)6-12-3/h4-5,7,10,12,14H,6,8H2,1-3H3. The van der Waals surface area contributed by atoms with Crippen molar-refractivity contribution in [2.45, 2.75) is 26.4 Å². The van der Waals surface area contributed by atoms with Crippen molar-refractivity contribution in [1.82, 2.24) is 15.6 Å². The van der Waals surface area contributed by atoms with E-state index in [1.165, 1.54) is 11.1 Å². The average molecular weight is 193 g/mol. The maximum absolute atomic E-state index is 4.15. The van der Waals surface area contributed by atoms with Gasteiger partial charge in [0.2, 0.25) is 0 Å². The van der Waals surface area contributed by atoms with Crippen LogP contribution in [0.25, 0.3) is 0 Å².